The maximum Gasteiger partial charge on any atom is 0.246 e. The standard InChI is InChI=1S/C15H17Cl2NO/c16-13-7-5-12(14(17)11-13)6-8-15(19)18-9-3-1-2-4-10-18/h5-8,11H,1-4,9-10H2/b8-6+. The van der Waals surface area contributed by atoms with Crippen LogP contribution in [-0.2, 0) is 4.79 Å². The zero-order valence-corrected chi connectivity index (χ0v) is 12.3. The molecule has 0 aliphatic carbocycles. The van der Waals surface area contributed by atoms with Crippen molar-refractivity contribution in [1.82, 2.24) is 4.90 Å². The van der Waals surface area contributed by atoms with E-state index in [-0.39, 0.29) is 5.91 Å². The molecule has 4 heteroatoms. The smallest absolute Gasteiger partial charge is 0.246 e. The average molecular weight is 298 g/mol. The molecule has 2 rings (SSSR count). The number of likely N-dealkylation sites (tertiary alicyclic amines) is 1. The SMILES string of the molecule is O=C(/C=C/c1ccc(Cl)cc1Cl)N1CCCCCC1. The van der Waals surface area contributed by atoms with Crippen LogP contribution in [0.3, 0.4) is 0 Å². The summed E-state index contributed by atoms with van der Waals surface area (Å²) in [5, 5.41) is 1.16. The Bertz CT molecular complexity index is 477. The molecule has 0 atom stereocenters. The zero-order valence-electron chi connectivity index (χ0n) is 10.7. The van der Waals surface area contributed by atoms with Gasteiger partial charge in [-0.2, -0.15) is 0 Å². The fourth-order valence-electron chi connectivity index (χ4n) is 2.19. The van der Waals surface area contributed by atoms with Crippen molar-refractivity contribution in [2.45, 2.75) is 25.7 Å². The van der Waals surface area contributed by atoms with E-state index >= 15 is 0 Å². The molecule has 102 valence electrons. The van der Waals surface area contributed by atoms with E-state index in [1.807, 2.05) is 11.0 Å². The number of rotatable bonds is 2. The number of hydrogen-bond acceptors (Lipinski definition) is 1. The molecule has 1 aromatic rings. The highest BCUT2D eigenvalue weighted by atomic mass is 35.5. The minimum atomic E-state index is 0.0629. The Hall–Kier alpha value is -0.990. The Morgan fingerprint density at radius 2 is 1.79 bits per heavy atom. The number of carbonyl (C=O) groups is 1. The number of carbonyl (C=O) groups excluding carboxylic acids is 1. The van der Waals surface area contributed by atoms with Crippen molar-refractivity contribution in [2.24, 2.45) is 0 Å². The van der Waals surface area contributed by atoms with Gasteiger partial charge >= 0.3 is 0 Å². The number of amides is 1. The van der Waals surface area contributed by atoms with Crippen LogP contribution in [0.2, 0.25) is 10.0 Å². The lowest BCUT2D eigenvalue weighted by Gasteiger charge is -2.18. The van der Waals surface area contributed by atoms with E-state index in [2.05, 4.69) is 0 Å². The molecule has 0 aromatic heterocycles. The molecular formula is C15H17Cl2NO. The summed E-state index contributed by atoms with van der Waals surface area (Å²) in [6, 6.07) is 5.26. The van der Waals surface area contributed by atoms with Gasteiger partial charge in [-0.25, -0.2) is 0 Å². The first-order valence-electron chi connectivity index (χ1n) is 6.59. The second-order valence-electron chi connectivity index (χ2n) is 4.74. The van der Waals surface area contributed by atoms with Crippen molar-refractivity contribution in [3.63, 3.8) is 0 Å². The van der Waals surface area contributed by atoms with Crippen molar-refractivity contribution < 1.29 is 4.79 Å². The third kappa shape index (κ3) is 4.26. The molecule has 1 aromatic carbocycles. The predicted molar refractivity (Wildman–Crippen MR) is 80.5 cm³/mol. The molecule has 2 nitrogen and oxygen atoms in total. The van der Waals surface area contributed by atoms with Crippen LogP contribution in [0.5, 0.6) is 0 Å². The summed E-state index contributed by atoms with van der Waals surface area (Å²) >= 11 is 11.9. The molecule has 0 radical (unpaired) electrons. The van der Waals surface area contributed by atoms with Crippen LogP contribution in [0, 0.1) is 0 Å². The molecule has 1 aliphatic heterocycles. The Kier molecular flexibility index (Phi) is 5.29. The van der Waals surface area contributed by atoms with Gasteiger partial charge in [-0.05, 0) is 36.6 Å². The number of halogens is 2. The summed E-state index contributed by atoms with van der Waals surface area (Å²) in [6.45, 7) is 1.72. The normalized spacial score (nSPS) is 16.6. The van der Waals surface area contributed by atoms with Crippen LogP contribution in [0.4, 0.5) is 0 Å². The van der Waals surface area contributed by atoms with Crippen molar-refractivity contribution in [3.8, 4) is 0 Å². The Morgan fingerprint density at radius 3 is 2.42 bits per heavy atom. The van der Waals surface area contributed by atoms with Crippen LogP contribution in [0.1, 0.15) is 31.2 Å². The Labute approximate surface area is 124 Å². The summed E-state index contributed by atoms with van der Waals surface area (Å²) in [5.41, 5.74) is 0.814. The van der Waals surface area contributed by atoms with Crippen molar-refractivity contribution in [2.75, 3.05) is 13.1 Å². The van der Waals surface area contributed by atoms with Crippen LogP contribution in [-0.4, -0.2) is 23.9 Å². The molecular weight excluding hydrogens is 281 g/mol. The monoisotopic (exact) mass is 297 g/mol. The minimum absolute atomic E-state index is 0.0629. The highest BCUT2D eigenvalue weighted by Gasteiger charge is 2.12. The van der Waals surface area contributed by atoms with Crippen LogP contribution < -0.4 is 0 Å². The van der Waals surface area contributed by atoms with Crippen molar-refractivity contribution >= 4 is 35.2 Å². The second kappa shape index (κ2) is 6.97. The van der Waals surface area contributed by atoms with E-state index in [1.165, 1.54) is 12.8 Å². The van der Waals surface area contributed by atoms with Gasteiger partial charge in [-0.15, -0.1) is 0 Å². The van der Waals surface area contributed by atoms with E-state index in [0.29, 0.717) is 10.0 Å². The summed E-state index contributed by atoms with van der Waals surface area (Å²) in [5.74, 6) is 0.0629. The highest BCUT2D eigenvalue weighted by Crippen LogP contribution is 2.22. The Morgan fingerprint density at radius 1 is 1.11 bits per heavy atom. The fraction of sp³-hybridized carbons (Fsp3) is 0.400. The summed E-state index contributed by atoms with van der Waals surface area (Å²) in [6.07, 6.45) is 7.99. The van der Waals surface area contributed by atoms with Gasteiger partial charge in [0.05, 0.1) is 0 Å². The minimum Gasteiger partial charge on any atom is -0.339 e. The second-order valence-corrected chi connectivity index (χ2v) is 5.58. The first kappa shape index (κ1) is 14.4. The quantitative estimate of drug-likeness (QED) is 0.741. The maximum atomic E-state index is 12.1. The average Bonchev–Trinajstić information content (AvgIpc) is 2.66. The summed E-state index contributed by atoms with van der Waals surface area (Å²) in [7, 11) is 0. The molecule has 0 N–H and O–H groups in total. The van der Waals surface area contributed by atoms with Crippen molar-refractivity contribution in [3.05, 3.63) is 39.9 Å². The topological polar surface area (TPSA) is 20.3 Å². The molecule has 0 spiro atoms. The maximum absolute atomic E-state index is 12.1. The molecule has 1 fully saturated rings. The lowest BCUT2D eigenvalue weighted by atomic mass is 10.2. The zero-order chi connectivity index (χ0) is 13.7. The molecule has 1 aliphatic rings. The third-order valence-electron chi connectivity index (χ3n) is 3.29. The molecule has 0 bridgehead atoms. The van der Waals surface area contributed by atoms with Gasteiger partial charge in [-0.3, -0.25) is 4.79 Å². The van der Waals surface area contributed by atoms with Gasteiger partial charge in [0.15, 0.2) is 0 Å². The molecule has 0 saturated carbocycles. The van der Waals surface area contributed by atoms with Crippen LogP contribution in [0.25, 0.3) is 6.08 Å². The third-order valence-corrected chi connectivity index (χ3v) is 3.85. The number of hydrogen-bond donors (Lipinski definition) is 0. The summed E-state index contributed by atoms with van der Waals surface area (Å²) < 4.78 is 0. The molecule has 0 unspecified atom stereocenters. The van der Waals surface area contributed by atoms with Gasteiger partial charge < -0.3 is 4.90 Å². The van der Waals surface area contributed by atoms with E-state index in [1.54, 1.807) is 24.3 Å². The predicted octanol–water partition coefficient (Wildman–Crippen LogP) is 4.41. The van der Waals surface area contributed by atoms with Gasteiger partial charge in [0.2, 0.25) is 5.91 Å². The molecule has 19 heavy (non-hydrogen) atoms. The van der Waals surface area contributed by atoms with Gasteiger partial charge in [-0.1, -0.05) is 42.1 Å². The van der Waals surface area contributed by atoms with Gasteiger partial charge in [0.25, 0.3) is 0 Å². The summed E-state index contributed by atoms with van der Waals surface area (Å²) in [4.78, 5) is 14.0. The highest BCUT2D eigenvalue weighted by molar-refractivity contribution is 6.35. The van der Waals surface area contributed by atoms with E-state index in [0.717, 1.165) is 31.5 Å². The first-order chi connectivity index (χ1) is 9.16. The Balaban J connectivity index is 2.02. The van der Waals surface area contributed by atoms with E-state index < -0.39 is 0 Å². The number of nitrogens with zero attached hydrogens (tertiary/aromatic N) is 1. The largest absolute Gasteiger partial charge is 0.339 e. The lowest BCUT2D eigenvalue weighted by molar-refractivity contribution is -0.125. The molecule has 1 amide bonds. The van der Waals surface area contributed by atoms with Crippen LogP contribution >= 0.6 is 23.2 Å². The first-order valence-corrected chi connectivity index (χ1v) is 7.34. The molecule has 1 heterocycles. The van der Waals surface area contributed by atoms with Crippen LogP contribution in [0.15, 0.2) is 24.3 Å². The lowest BCUT2D eigenvalue weighted by Crippen LogP contribution is -2.30. The molecule has 1 saturated heterocycles. The van der Waals surface area contributed by atoms with Gasteiger partial charge in [0.1, 0.15) is 0 Å². The van der Waals surface area contributed by atoms with E-state index in [9.17, 15) is 4.79 Å². The fourth-order valence-corrected chi connectivity index (χ4v) is 2.67. The van der Waals surface area contributed by atoms with E-state index in [4.69, 9.17) is 23.2 Å². The number of benzene rings is 1. The van der Waals surface area contributed by atoms with Crippen molar-refractivity contribution in [1.29, 1.82) is 0 Å². The van der Waals surface area contributed by atoms with Gasteiger partial charge in [0, 0.05) is 29.2 Å².